The molecule has 0 saturated heterocycles. The number of guanidine groups is 4. The maximum Gasteiger partial charge on any atom is 0.258 e. The van der Waals surface area contributed by atoms with E-state index in [4.69, 9.17) is 23.9 Å². The molecule has 4 aliphatic rings. The summed E-state index contributed by atoms with van der Waals surface area (Å²) in [4.78, 5) is 26.9. The minimum absolute atomic E-state index is 0.118. The van der Waals surface area contributed by atoms with E-state index in [0.29, 0.717) is 25.0 Å². The molecule has 0 bridgehead atoms. The molecule has 4 aliphatic heterocycles. The first-order valence-electron chi connectivity index (χ1n) is 15.6. The van der Waals surface area contributed by atoms with Crippen molar-refractivity contribution in [3.63, 3.8) is 0 Å². The fourth-order valence-electron chi connectivity index (χ4n) is 5.65. The smallest absolute Gasteiger partial charge is 0.258 e. The van der Waals surface area contributed by atoms with E-state index in [1.807, 2.05) is 74.9 Å². The average molecular weight is 633 g/mol. The summed E-state index contributed by atoms with van der Waals surface area (Å²) in [6.45, 7) is 6.21. The van der Waals surface area contributed by atoms with Gasteiger partial charge in [-0.15, -0.1) is 0 Å². The number of likely N-dealkylation sites (N-methyl/N-ethyl adjacent to an activating group) is 2. The van der Waals surface area contributed by atoms with Gasteiger partial charge in [0.2, 0.25) is 24.7 Å². The first kappa shape index (κ1) is 31.1. The summed E-state index contributed by atoms with van der Waals surface area (Å²) in [6.07, 6.45) is 0.835. The van der Waals surface area contributed by atoms with Gasteiger partial charge < -0.3 is 39.0 Å². The third-order valence-corrected chi connectivity index (χ3v) is 7.99. The Labute approximate surface area is 270 Å². The predicted molar refractivity (Wildman–Crippen MR) is 178 cm³/mol. The van der Waals surface area contributed by atoms with Crippen LogP contribution in [0.1, 0.15) is 25.0 Å². The van der Waals surface area contributed by atoms with Crippen molar-refractivity contribution >= 4 is 23.8 Å². The van der Waals surface area contributed by atoms with E-state index in [2.05, 4.69) is 55.8 Å². The molecule has 3 atom stereocenters. The molecule has 6 rings (SSSR count). The van der Waals surface area contributed by atoms with E-state index in [1.54, 1.807) is 0 Å². The zero-order valence-electron chi connectivity index (χ0n) is 27.6. The molecular formula is C32H44N10O4. The second kappa shape index (κ2) is 13.2. The molecule has 14 nitrogen and oxygen atoms in total. The van der Waals surface area contributed by atoms with Gasteiger partial charge in [0.05, 0.1) is 6.54 Å². The van der Waals surface area contributed by atoms with Crippen molar-refractivity contribution in [2.75, 3.05) is 61.7 Å². The number of nitrogens with zero attached hydrogens (tertiary/aromatic N) is 8. The number of ether oxygens (including phenoxy) is 4. The van der Waals surface area contributed by atoms with Crippen LogP contribution in [0.25, 0.3) is 0 Å². The van der Waals surface area contributed by atoms with Crippen molar-refractivity contribution in [2.45, 2.75) is 45.3 Å². The maximum atomic E-state index is 6.22. The molecule has 0 amide bonds. The highest BCUT2D eigenvalue weighted by molar-refractivity contribution is 6.00. The number of benzene rings is 2. The van der Waals surface area contributed by atoms with Crippen LogP contribution in [-0.2, 0) is 12.8 Å². The minimum atomic E-state index is -0.463. The summed E-state index contributed by atoms with van der Waals surface area (Å²) >= 11 is 0. The summed E-state index contributed by atoms with van der Waals surface area (Å²) in [5, 5.41) is 6.71. The lowest BCUT2D eigenvalue weighted by Crippen LogP contribution is -2.52. The van der Waals surface area contributed by atoms with Crippen LogP contribution >= 0.6 is 0 Å². The van der Waals surface area contributed by atoms with Gasteiger partial charge in [0.25, 0.3) is 6.29 Å². The molecule has 14 heteroatoms. The summed E-state index contributed by atoms with van der Waals surface area (Å²) in [5.74, 6) is 6.25. The van der Waals surface area contributed by atoms with Crippen molar-refractivity contribution in [1.82, 2.24) is 30.2 Å². The van der Waals surface area contributed by atoms with E-state index in [1.165, 1.54) is 0 Å². The van der Waals surface area contributed by atoms with Gasteiger partial charge in [-0.2, -0.15) is 0 Å². The fourth-order valence-corrected chi connectivity index (χ4v) is 5.65. The van der Waals surface area contributed by atoms with Crippen LogP contribution in [-0.4, -0.2) is 124 Å². The molecule has 46 heavy (non-hydrogen) atoms. The summed E-state index contributed by atoms with van der Waals surface area (Å²) in [7, 11) is 10.0. The highest BCUT2D eigenvalue weighted by atomic mass is 16.7. The van der Waals surface area contributed by atoms with Gasteiger partial charge in [0.15, 0.2) is 29.0 Å². The number of nitrogens with one attached hydrogen (secondary N) is 2. The van der Waals surface area contributed by atoms with Crippen LogP contribution in [0.4, 0.5) is 0 Å². The van der Waals surface area contributed by atoms with Gasteiger partial charge >= 0.3 is 0 Å². The average Bonchev–Trinajstić information content (AvgIpc) is 3.66. The molecule has 0 spiro atoms. The van der Waals surface area contributed by atoms with Crippen molar-refractivity contribution in [1.29, 1.82) is 0 Å². The molecule has 0 fully saturated rings. The molecule has 0 saturated carbocycles. The van der Waals surface area contributed by atoms with E-state index in [0.717, 1.165) is 65.4 Å². The Morgan fingerprint density at radius 3 is 2.28 bits per heavy atom. The third kappa shape index (κ3) is 7.00. The Kier molecular flexibility index (Phi) is 8.95. The lowest BCUT2D eigenvalue weighted by molar-refractivity contribution is 0.0342. The largest absolute Gasteiger partial charge is 0.454 e. The molecule has 246 valence electrons. The molecule has 0 aromatic heterocycles. The van der Waals surface area contributed by atoms with Crippen molar-refractivity contribution < 1.29 is 18.9 Å². The lowest BCUT2D eigenvalue weighted by Gasteiger charge is -2.35. The van der Waals surface area contributed by atoms with Gasteiger partial charge in [0.1, 0.15) is 12.3 Å². The summed E-state index contributed by atoms with van der Waals surface area (Å²) < 4.78 is 23.3. The Morgan fingerprint density at radius 2 is 1.48 bits per heavy atom. The third-order valence-electron chi connectivity index (χ3n) is 7.99. The van der Waals surface area contributed by atoms with Gasteiger partial charge in [0, 0.05) is 48.3 Å². The predicted octanol–water partition coefficient (Wildman–Crippen LogP) is 1.98. The van der Waals surface area contributed by atoms with Crippen LogP contribution in [0.3, 0.4) is 0 Å². The number of aliphatic imine (C=N–C) groups is 4. The Bertz CT molecular complexity index is 1560. The molecule has 2 aromatic carbocycles. The zero-order chi connectivity index (χ0) is 32.4. The van der Waals surface area contributed by atoms with E-state index >= 15 is 0 Å². The van der Waals surface area contributed by atoms with Crippen LogP contribution in [0.2, 0.25) is 0 Å². The minimum Gasteiger partial charge on any atom is -0.454 e. The van der Waals surface area contributed by atoms with Crippen molar-refractivity contribution in [3.05, 3.63) is 47.5 Å². The number of hydrogen-bond donors (Lipinski definition) is 2. The van der Waals surface area contributed by atoms with E-state index < -0.39 is 6.29 Å². The van der Waals surface area contributed by atoms with Crippen molar-refractivity contribution in [3.8, 4) is 23.0 Å². The second-order valence-corrected chi connectivity index (χ2v) is 12.0. The van der Waals surface area contributed by atoms with Crippen molar-refractivity contribution in [2.24, 2.45) is 20.0 Å². The van der Waals surface area contributed by atoms with Gasteiger partial charge in [-0.05, 0) is 62.1 Å². The molecular weight excluding hydrogens is 588 g/mol. The standard InChI is InChI=1S/C32H44N10O4/c1-20-34-29(33-14-12-22-8-10-24-26(16-22)44-19-43-24)38-30(35-20)41(6)18-28-45-25-11-9-23(17-27(25)46-28)13-15-40(5)32-37-21(2)36-31(39(3)4)42(32)7/h8-11,16-17,20-21,28H,12-15,18-19H2,1-7H3,(H2,33,34,35,38). The van der Waals surface area contributed by atoms with E-state index in [9.17, 15) is 0 Å². The first-order valence-corrected chi connectivity index (χ1v) is 15.6. The SMILES string of the molecule is CC1N=C(NCCc2ccc3c(c2)OCO3)NC(N(C)CC2Oc3ccc(CCN(C)C4=NC(C)N=C(N(C)C)N4C)cc3O2)=N1. The maximum absolute atomic E-state index is 6.22. The first-order chi connectivity index (χ1) is 22.1. The zero-order valence-corrected chi connectivity index (χ0v) is 27.6. The molecule has 3 unspecified atom stereocenters. The molecule has 0 radical (unpaired) electrons. The Balaban J connectivity index is 0.974. The van der Waals surface area contributed by atoms with Crippen LogP contribution in [0, 0.1) is 0 Å². The topological polar surface area (TPSA) is 123 Å². The summed E-state index contributed by atoms with van der Waals surface area (Å²) in [5.41, 5.74) is 2.32. The fraction of sp³-hybridized carbons (Fsp3) is 0.500. The monoisotopic (exact) mass is 632 g/mol. The van der Waals surface area contributed by atoms with Gasteiger partial charge in [-0.3, -0.25) is 10.2 Å². The molecule has 2 aromatic rings. The molecule has 4 heterocycles. The molecule has 0 aliphatic carbocycles. The van der Waals surface area contributed by atoms with E-state index in [-0.39, 0.29) is 19.1 Å². The number of rotatable bonds is 8. The van der Waals surface area contributed by atoms with Gasteiger partial charge in [-0.25, -0.2) is 20.0 Å². The van der Waals surface area contributed by atoms with Crippen LogP contribution in [0.5, 0.6) is 23.0 Å². The highest BCUT2D eigenvalue weighted by Gasteiger charge is 2.29. The lowest BCUT2D eigenvalue weighted by atomic mass is 10.1. The number of fused-ring (bicyclic) bond motifs is 2. The normalized spacial score (nSPS) is 21.1. The Morgan fingerprint density at radius 1 is 0.804 bits per heavy atom. The molecule has 2 N–H and O–H groups in total. The quantitative estimate of drug-likeness (QED) is 0.447. The number of hydrogen-bond acceptors (Lipinski definition) is 14. The van der Waals surface area contributed by atoms with Crippen LogP contribution in [0.15, 0.2) is 56.4 Å². The second-order valence-electron chi connectivity index (χ2n) is 12.0. The summed E-state index contributed by atoms with van der Waals surface area (Å²) in [6, 6.07) is 12.2. The highest BCUT2D eigenvalue weighted by Crippen LogP contribution is 2.36. The van der Waals surface area contributed by atoms with Gasteiger partial charge in [-0.1, -0.05) is 12.1 Å². The van der Waals surface area contributed by atoms with Crippen LogP contribution < -0.4 is 29.6 Å². The Hall–Kier alpha value is -4.88.